The quantitative estimate of drug-likeness (QED) is 0.127. The van der Waals surface area contributed by atoms with Crippen LogP contribution in [0.25, 0.3) is 0 Å². The van der Waals surface area contributed by atoms with Gasteiger partial charge >= 0.3 is 11.9 Å². The van der Waals surface area contributed by atoms with Crippen LogP contribution in [-0.2, 0) is 28.8 Å². The molecule has 0 aliphatic heterocycles. The lowest BCUT2D eigenvalue weighted by atomic mass is 10.0. The van der Waals surface area contributed by atoms with E-state index in [1.54, 1.807) is 13.8 Å². The van der Waals surface area contributed by atoms with Gasteiger partial charge in [0.15, 0.2) is 0 Å². The number of hydrogen-bond donors (Lipinski definition) is 8. The molecule has 14 nitrogen and oxygen atoms in total. The fourth-order valence-corrected chi connectivity index (χ4v) is 2.42. The van der Waals surface area contributed by atoms with Crippen LogP contribution in [-0.4, -0.2) is 81.2 Å². The number of nitrogens with two attached hydrogens (primary N) is 2. The predicted octanol–water partition coefficient (Wildman–Crippen LogP) is -3.37. The molecule has 0 spiro atoms. The second-order valence-electron chi connectivity index (χ2n) is 7.56. The minimum Gasteiger partial charge on any atom is -0.481 e. The molecule has 0 saturated carbocycles. The van der Waals surface area contributed by atoms with Gasteiger partial charge in [0.25, 0.3) is 0 Å². The Balaban J connectivity index is 5.54. The first-order valence-electron chi connectivity index (χ1n) is 9.75. The maximum Gasteiger partial charge on any atom is 0.326 e. The Morgan fingerprint density at radius 1 is 0.844 bits per heavy atom. The molecule has 10 N–H and O–H groups in total. The molecule has 4 amide bonds. The first kappa shape index (κ1) is 28.7. The van der Waals surface area contributed by atoms with Crippen LogP contribution >= 0.6 is 0 Å². The van der Waals surface area contributed by atoms with Crippen LogP contribution < -0.4 is 27.4 Å². The van der Waals surface area contributed by atoms with Gasteiger partial charge in [-0.15, -0.1) is 0 Å². The van der Waals surface area contributed by atoms with Crippen molar-refractivity contribution in [3.8, 4) is 0 Å². The van der Waals surface area contributed by atoms with Crippen molar-refractivity contribution in [3.05, 3.63) is 0 Å². The average Bonchev–Trinajstić information content (AvgIpc) is 2.66. The number of rotatable bonds is 14. The number of carboxylic acids is 2. The van der Waals surface area contributed by atoms with Gasteiger partial charge in [0.2, 0.25) is 23.6 Å². The Morgan fingerprint density at radius 2 is 1.38 bits per heavy atom. The van der Waals surface area contributed by atoms with E-state index in [0.29, 0.717) is 0 Å². The van der Waals surface area contributed by atoms with Crippen LogP contribution in [0.3, 0.4) is 0 Å². The fraction of sp³-hybridized carbons (Fsp3) is 0.667. The zero-order chi connectivity index (χ0) is 25.2. The Morgan fingerprint density at radius 3 is 1.78 bits per heavy atom. The Labute approximate surface area is 184 Å². The van der Waals surface area contributed by atoms with Crippen molar-refractivity contribution in [2.75, 3.05) is 0 Å². The predicted molar refractivity (Wildman–Crippen MR) is 109 cm³/mol. The normalized spacial score (nSPS) is 15.6. The molecule has 0 aromatic rings. The largest absolute Gasteiger partial charge is 0.481 e. The second kappa shape index (κ2) is 13.2. The molecule has 0 aromatic carbocycles. The zero-order valence-electron chi connectivity index (χ0n) is 18.0. The number of primary amides is 1. The maximum atomic E-state index is 12.6. The van der Waals surface area contributed by atoms with Crippen LogP contribution in [0.2, 0.25) is 0 Å². The van der Waals surface area contributed by atoms with Crippen molar-refractivity contribution in [2.45, 2.75) is 70.3 Å². The molecule has 5 unspecified atom stereocenters. The summed E-state index contributed by atoms with van der Waals surface area (Å²) in [5, 5.41) is 34.2. The summed E-state index contributed by atoms with van der Waals surface area (Å²) in [5.74, 6) is -7.05. The highest BCUT2D eigenvalue weighted by Gasteiger charge is 2.33. The summed E-state index contributed by atoms with van der Waals surface area (Å²) in [5.41, 5.74) is 10.8. The molecule has 32 heavy (non-hydrogen) atoms. The van der Waals surface area contributed by atoms with Crippen LogP contribution in [0.15, 0.2) is 0 Å². The van der Waals surface area contributed by atoms with E-state index in [9.17, 15) is 33.9 Å². The maximum absolute atomic E-state index is 12.6. The van der Waals surface area contributed by atoms with E-state index in [1.165, 1.54) is 6.92 Å². The summed E-state index contributed by atoms with van der Waals surface area (Å²) in [4.78, 5) is 70.4. The molecule has 0 aliphatic carbocycles. The average molecular weight is 461 g/mol. The van der Waals surface area contributed by atoms with E-state index in [1.807, 2.05) is 5.32 Å². The highest BCUT2D eigenvalue weighted by Crippen LogP contribution is 2.05. The van der Waals surface area contributed by atoms with Crippen molar-refractivity contribution < 1.29 is 44.1 Å². The number of carbonyl (C=O) groups excluding carboxylic acids is 4. The van der Waals surface area contributed by atoms with Crippen molar-refractivity contribution in [3.63, 3.8) is 0 Å². The topological polar surface area (TPSA) is 251 Å². The van der Waals surface area contributed by atoms with Gasteiger partial charge in [-0.2, -0.15) is 0 Å². The van der Waals surface area contributed by atoms with E-state index in [0.717, 1.165) is 0 Å². The highest BCUT2D eigenvalue weighted by atomic mass is 16.4. The Bertz CT molecular complexity index is 726. The van der Waals surface area contributed by atoms with E-state index in [-0.39, 0.29) is 18.8 Å². The number of carbonyl (C=O) groups is 6. The summed E-state index contributed by atoms with van der Waals surface area (Å²) < 4.78 is 0. The van der Waals surface area contributed by atoms with E-state index >= 15 is 0 Å². The number of nitrogens with one attached hydrogen (secondary N) is 3. The molecule has 0 fully saturated rings. The van der Waals surface area contributed by atoms with Crippen LogP contribution in [0.5, 0.6) is 0 Å². The van der Waals surface area contributed by atoms with E-state index in [2.05, 4.69) is 10.6 Å². The molecule has 0 radical (unpaired) electrons. The Kier molecular flexibility index (Phi) is 11.9. The summed E-state index contributed by atoms with van der Waals surface area (Å²) in [7, 11) is 0. The first-order valence-corrected chi connectivity index (χ1v) is 9.75. The lowest BCUT2D eigenvalue weighted by molar-refractivity contribution is -0.147. The lowest BCUT2D eigenvalue weighted by Gasteiger charge is -2.26. The number of carboxylic acid groups (broad SMARTS) is 2. The summed E-state index contributed by atoms with van der Waals surface area (Å²) in [6, 6.07) is -5.82. The molecule has 182 valence electrons. The molecule has 0 rings (SSSR count). The third kappa shape index (κ3) is 10.2. The molecule has 0 heterocycles. The Hall–Kier alpha value is -3.26. The van der Waals surface area contributed by atoms with Crippen LogP contribution in [0.4, 0.5) is 0 Å². The fourth-order valence-electron chi connectivity index (χ4n) is 2.42. The van der Waals surface area contributed by atoms with E-state index < -0.39 is 72.3 Å². The SMILES string of the molecule is CC(C)C(N)C(=O)NC(C(=O)NC(CCC(N)=O)C(=O)NC(CC(=O)O)C(=O)O)C(C)O. The molecular formula is C18H31N5O9. The molecular weight excluding hydrogens is 430 g/mol. The highest BCUT2D eigenvalue weighted by molar-refractivity contribution is 5.95. The standard InChI is InChI=1S/C18H31N5O9/c1-7(2)13(20)16(29)23-14(8(3)24)17(30)21-9(4-5-11(19)25)15(28)22-10(18(31)32)6-12(26)27/h7-10,13-14,24H,4-6,20H2,1-3H3,(H2,19,25)(H,21,30)(H,22,28)(H,23,29)(H,26,27)(H,31,32). The molecule has 0 saturated heterocycles. The summed E-state index contributed by atoms with van der Waals surface area (Å²) in [6.07, 6.45) is -3.06. The summed E-state index contributed by atoms with van der Waals surface area (Å²) in [6.45, 7) is 4.54. The van der Waals surface area contributed by atoms with Gasteiger partial charge in [0, 0.05) is 6.42 Å². The van der Waals surface area contributed by atoms with Crippen molar-refractivity contribution in [1.29, 1.82) is 0 Å². The third-order valence-corrected chi connectivity index (χ3v) is 4.39. The number of hydrogen-bond acceptors (Lipinski definition) is 8. The molecule has 0 aliphatic rings. The van der Waals surface area contributed by atoms with Crippen LogP contribution in [0.1, 0.15) is 40.0 Å². The summed E-state index contributed by atoms with van der Waals surface area (Å²) >= 11 is 0. The van der Waals surface area contributed by atoms with E-state index in [4.69, 9.17) is 21.7 Å². The van der Waals surface area contributed by atoms with Gasteiger partial charge in [-0.3, -0.25) is 24.0 Å². The van der Waals surface area contributed by atoms with Gasteiger partial charge in [0.1, 0.15) is 18.1 Å². The molecule has 0 aromatic heterocycles. The van der Waals surface area contributed by atoms with Gasteiger partial charge in [-0.1, -0.05) is 13.8 Å². The number of aliphatic carboxylic acids is 2. The van der Waals surface area contributed by atoms with Gasteiger partial charge < -0.3 is 42.7 Å². The van der Waals surface area contributed by atoms with Gasteiger partial charge in [-0.25, -0.2) is 4.79 Å². The second-order valence-corrected chi connectivity index (χ2v) is 7.56. The minimum atomic E-state index is -1.80. The lowest BCUT2D eigenvalue weighted by Crippen LogP contribution is -2.60. The molecule has 14 heteroatoms. The third-order valence-electron chi connectivity index (χ3n) is 4.39. The smallest absolute Gasteiger partial charge is 0.326 e. The zero-order valence-corrected chi connectivity index (χ0v) is 18.0. The van der Waals surface area contributed by atoms with Crippen molar-refractivity contribution >= 4 is 35.6 Å². The van der Waals surface area contributed by atoms with Gasteiger partial charge in [-0.05, 0) is 19.3 Å². The molecule has 0 bridgehead atoms. The van der Waals surface area contributed by atoms with Crippen LogP contribution in [0, 0.1) is 5.92 Å². The number of aliphatic hydroxyl groups is 1. The number of amides is 4. The minimum absolute atomic E-state index is 0.274. The monoisotopic (exact) mass is 461 g/mol. The first-order chi connectivity index (χ1) is 14.7. The number of aliphatic hydroxyl groups excluding tert-OH is 1. The van der Waals surface area contributed by atoms with Crippen molar-refractivity contribution in [1.82, 2.24) is 16.0 Å². The molecule has 5 atom stereocenters. The van der Waals surface area contributed by atoms with Gasteiger partial charge in [0.05, 0.1) is 18.6 Å². The van der Waals surface area contributed by atoms with Crippen molar-refractivity contribution in [2.24, 2.45) is 17.4 Å².